The summed E-state index contributed by atoms with van der Waals surface area (Å²) in [5.41, 5.74) is 12.3. The molecule has 0 bridgehead atoms. The predicted molar refractivity (Wildman–Crippen MR) is 192 cm³/mol. The number of hydrogen-bond donors (Lipinski definition) is 13. The maximum Gasteiger partial charge on any atom is 0.407 e. The monoisotopic (exact) mass is 819 g/mol. The summed E-state index contributed by atoms with van der Waals surface area (Å²) in [5.74, 6) is -0.968. The van der Waals surface area contributed by atoms with Crippen molar-refractivity contribution in [3.8, 4) is 0 Å². The molecule has 22 nitrogen and oxygen atoms in total. The average Bonchev–Trinajstić information content (AvgIpc) is 3.16. The third-order valence-electron chi connectivity index (χ3n) is 9.58. The first-order chi connectivity index (χ1) is 26.8. The molecule has 3 amide bonds. The molecule has 0 radical (unpaired) electrons. The lowest BCUT2D eigenvalue weighted by atomic mass is 9.83. The van der Waals surface area contributed by atoms with Gasteiger partial charge < -0.3 is 96.7 Å². The normalized spacial score (nSPS) is 36.4. The number of ether oxygens (including phenoxy) is 6. The number of rotatable bonds is 14. The number of amides is 3. The molecule has 3 fully saturated rings. The second kappa shape index (κ2) is 20.6. The highest BCUT2D eigenvalue weighted by molar-refractivity contribution is 5.81. The van der Waals surface area contributed by atoms with Crippen molar-refractivity contribution < 1.29 is 83.7 Å². The lowest BCUT2D eigenvalue weighted by molar-refractivity contribution is -0.333. The number of carbonyl (C=O) groups excluding carboxylic acids is 3. The standard InChI is InChI=1S/C35H57N5O17/c1-35(2,3)57-34(51)38-10-9-18(42)30(49)40-17-11-16(36)28(27(48)29(17)56-31-24(45)21(37)22(43)20(13-41)54-31)55-32-26(47)25(46)23(44)19(53-32)12-39-33(50)52-14-15-7-5-4-6-8-15/h4-8,16-29,31-32,41-48H,9-14,36-37H2,1-3H3,(H,38,51)(H,39,50)(H,40,49)/t16?,17-,18+,19?,20?,21?,22-,23-,24+,25+,26?,27?,28-,29-,31-,32-/m1/s1. The summed E-state index contributed by atoms with van der Waals surface area (Å²) in [7, 11) is 0. The minimum Gasteiger partial charge on any atom is -0.445 e. The summed E-state index contributed by atoms with van der Waals surface area (Å²) in [6, 6.07) is 4.98. The van der Waals surface area contributed by atoms with Gasteiger partial charge in [-0.1, -0.05) is 30.3 Å². The average molecular weight is 820 g/mol. The molecular weight excluding hydrogens is 762 g/mol. The molecule has 1 aliphatic carbocycles. The molecule has 3 aliphatic rings. The molecule has 15 N–H and O–H groups in total. The van der Waals surface area contributed by atoms with Gasteiger partial charge in [0.25, 0.3) is 0 Å². The van der Waals surface area contributed by atoms with E-state index in [0.29, 0.717) is 5.56 Å². The van der Waals surface area contributed by atoms with Gasteiger partial charge in [0.2, 0.25) is 5.91 Å². The third kappa shape index (κ3) is 12.6. The van der Waals surface area contributed by atoms with Crippen LogP contribution in [0.1, 0.15) is 39.2 Å². The van der Waals surface area contributed by atoms with E-state index in [2.05, 4.69) is 16.0 Å². The SMILES string of the molecule is CC(C)(C)OC(=O)NCC[C@H](O)C(=O)N[C@@H]1CC(N)[C@@H](O[C@H]2OC(CNC(=O)OCc3ccccc3)[C@@H](O)[C@H](O)C2O)C(O)[C@@H]1O[C@H]1OC(CO)[C@@H](O)C(N)[C@@H]1O. The highest BCUT2D eigenvalue weighted by Crippen LogP contribution is 2.32. The molecule has 2 aliphatic heterocycles. The van der Waals surface area contributed by atoms with Crippen LogP contribution in [0.4, 0.5) is 9.59 Å². The van der Waals surface area contributed by atoms with E-state index in [1.165, 1.54) is 0 Å². The van der Waals surface area contributed by atoms with Gasteiger partial charge in [-0.3, -0.25) is 4.79 Å². The Morgan fingerprint density at radius 1 is 0.825 bits per heavy atom. The van der Waals surface area contributed by atoms with Gasteiger partial charge in [-0.2, -0.15) is 0 Å². The molecule has 2 heterocycles. The summed E-state index contributed by atoms with van der Waals surface area (Å²) in [4.78, 5) is 37.5. The quantitative estimate of drug-likeness (QED) is 0.0836. The maximum absolute atomic E-state index is 13.2. The molecule has 0 aromatic heterocycles. The van der Waals surface area contributed by atoms with E-state index in [1.54, 1.807) is 51.1 Å². The van der Waals surface area contributed by atoms with Gasteiger partial charge in [-0.25, -0.2) is 9.59 Å². The van der Waals surface area contributed by atoms with E-state index in [0.717, 1.165) is 0 Å². The maximum atomic E-state index is 13.2. The largest absolute Gasteiger partial charge is 0.445 e. The molecule has 2 saturated heterocycles. The Morgan fingerprint density at radius 2 is 1.46 bits per heavy atom. The zero-order valence-electron chi connectivity index (χ0n) is 31.8. The van der Waals surface area contributed by atoms with Crippen LogP contribution in [0.5, 0.6) is 0 Å². The van der Waals surface area contributed by atoms with E-state index in [-0.39, 0.29) is 26.0 Å². The van der Waals surface area contributed by atoms with Crippen LogP contribution in [-0.4, -0.2) is 182 Å². The van der Waals surface area contributed by atoms with Crippen molar-refractivity contribution in [3.05, 3.63) is 35.9 Å². The Morgan fingerprint density at radius 3 is 2.11 bits per heavy atom. The third-order valence-corrected chi connectivity index (χ3v) is 9.58. The van der Waals surface area contributed by atoms with Crippen molar-refractivity contribution in [1.82, 2.24) is 16.0 Å². The van der Waals surface area contributed by atoms with Gasteiger partial charge in [0.15, 0.2) is 12.6 Å². The number of alkyl carbamates (subject to hydrolysis) is 2. The number of aliphatic hydroxyl groups excluding tert-OH is 8. The van der Waals surface area contributed by atoms with Crippen molar-refractivity contribution in [2.45, 2.75) is 144 Å². The lowest BCUT2D eigenvalue weighted by Gasteiger charge is -2.49. The second-order valence-electron chi connectivity index (χ2n) is 15.2. The fourth-order valence-electron chi connectivity index (χ4n) is 6.47. The molecule has 1 aromatic rings. The number of hydrogen-bond acceptors (Lipinski definition) is 19. The Bertz CT molecular complexity index is 1440. The number of aliphatic hydroxyl groups is 8. The predicted octanol–water partition coefficient (Wildman–Crippen LogP) is -4.89. The first-order valence-corrected chi connectivity index (χ1v) is 18.5. The van der Waals surface area contributed by atoms with Gasteiger partial charge in [-0.15, -0.1) is 0 Å². The minimum absolute atomic E-state index is 0.0592. The van der Waals surface area contributed by atoms with E-state index in [1.807, 2.05) is 0 Å². The summed E-state index contributed by atoms with van der Waals surface area (Å²) >= 11 is 0. The zero-order chi connectivity index (χ0) is 42.2. The Hall–Kier alpha value is -3.33. The van der Waals surface area contributed by atoms with Crippen molar-refractivity contribution >= 4 is 18.1 Å². The van der Waals surface area contributed by atoms with Gasteiger partial charge >= 0.3 is 12.2 Å². The van der Waals surface area contributed by atoms with Crippen LogP contribution in [0.2, 0.25) is 0 Å². The van der Waals surface area contributed by atoms with Crippen molar-refractivity contribution in [1.29, 1.82) is 0 Å². The van der Waals surface area contributed by atoms with Crippen molar-refractivity contribution in [3.63, 3.8) is 0 Å². The van der Waals surface area contributed by atoms with Crippen LogP contribution >= 0.6 is 0 Å². The highest BCUT2D eigenvalue weighted by Gasteiger charge is 2.53. The molecule has 16 atom stereocenters. The molecule has 1 aromatic carbocycles. The Kier molecular flexibility index (Phi) is 16.7. The Labute approximate surface area is 328 Å². The number of nitrogens with one attached hydrogen (secondary N) is 3. The van der Waals surface area contributed by atoms with Crippen molar-refractivity contribution in [2.75, 3.05) is 19.7 Å². The molecule has 22 heteroatoms. The summed E-state index contributed by atoms with van der Waals surface area (Å²) in [6.45, 7) is 3.60. The molecule has 6 unspecified atom stereocenters. The van der Waals surface area contributed by atoms with Crippen molar-refractivity contribution in [2.24, 2.45) is 11.5 Å². The topological polar surface area (TPSA) is 357 Å². The van der Waals surface area contributed by atoms with E-state index in [4.69, 9.17) is 39.9 Å². The van der Waals surface area contributed by atoms with Crippen LogP contribution < -0.4 is 27.4 Å². The minimum atomic E-state index is -1.91. The van der Waals surface area contributed by atoms with Crippen LogP contribution in [0.15, 0.2) is 30.3 Å². The summed E-state index contributed by atoms with van der Waals surface area (Å²) in [5, 5.41) is 92.7. The number of benzene rings is 1. The van der Waals surface area contributed by atoms with E-state index < -0.39 is 135 Å². The number of nitrogens with two attached hydrogens (primary N) is 2. The smallest absolute Gasteiger partial charge is 0.407 e. The lowest BCUT2D eigenvalue weighted by Crippen LogP contribution is -2.69. The highest BCUT2D eigenvalue weighted by atomic mass is 16.7. The first kappa shape index (κ1) is 46.4. The molecule has 1 saturated carbocycles. The molecule has 324 valence electrons. The fraction of sp³-hybridized carbons (Fsp3) is 0.743. The fourth-order valence-corrected chi connectivity index (χ4v) is 6.47. The van der Waals surface area contributed by atoms with Gasteiger partial charge in [0.1, 0.15) is 79.4 Å². The molecule has 57 heavy (non-hydrogen) atoms. The van der Waals surface area contributed by atoms with Crippen LogP contribution in [0.25, 0.3) is 0 Å². The Balaban J connectivity index is 1.46. The van der Waals surface area contributed by atoms with Gasteiger partial charge in [0, 0.05) is 19.1 Å². The van der Waals surface area contributed by atoms with Crippen LogP contribution in [0.3, 0.4) is 0 Å². The van der Waals surface area contributed by atoms with Crippen LogP contribution in [0, 0.1) is 0 Å². The van der Waals surface area contributed by atoms with Gasteiger partial charge in [-0.05, 0) is 39.2 Å². The van der Waals surface area contributed by atoms with E-state index in [9.17, 15) is 55.2 Å². The summed E-state index contributed by atoms with van der Waals surface area (Å²) < 4.78 is 33.4. The first-order valence-electron chi connectivity index (χ1n) is 18.5. The molecular formula is C35H57N5O17. The van der Waals surface area contributed by atoms with Gasteiger partial charge in [0.05, 0.1) is 18.7 Å². The molecule has 4 rings (SSSR count). The zero-order valence-corrected chi connectivity index (χ0v) is 31.8. The summed E-state index contributed by atoms with van der Waals surface area (Å²) in [6.07, 6.45) is -23.7. The number of carbonyl (C=O) groups is 3. The van der Waals surface area contributed by atoms with Crippen LogP contribution in [-0.2, 0) is 39.8 Å². The molecule has 0 spiro atoms. The second-order valence-corrected chi connectivity index (χ2v) is 15.2. The van der Waals surface area contributed by atoms with E-state index >= 15 is 0 Å².